The van der Waals surface area contributed by atoms with Crippen molar-refractivity contribution >= 4 is 17.7 Å². The summed E-state index contributed by atoms with van der Waals surface area (Å²) in [7, 11) is 0. The van der Waals surface area contributed by atoms with Crippen LogP contribution in [0.25, 0.3) is 0 Å². The minimum atomic E-state index is -0.933. The fraction of sp³-hybridized carbons (Fsp3) is 0.250. The van der Waals surface area contributed by atoms with Crippen molar-refractivity contribution in [3.05, 3.63) is 59.8 Å². The number of thioether (sulfide) groups is 1. The highest BCUT2D eigenvalue weighted by Crippen LogP contribution is 2.17. The Morgan fingerprint density at radius 1 is 1.10 bits per heavy atom. The lowest BCUT2D eigenvalue weighted by Crippen LogP contribution is -1.96. The normalized spacial score (nSPS) is 10.4. The second-order valence-corrected chi connectivity index (χ2v) is 5.60. The topological polar surface area (TPSA) is 50.2 Å². The smallest absolute Gasteiger partial charge is 0.337 e. The van der Waals surface area contributed by atoms with Crippen LogP contribution in [0.5, 0.6) is 0 Å². The van der Waals surface area contributed by atoms with Gasteiger partial charge >= 0.3 is 5.97 Å². The van der Waals surface area contributed by atoms with Crippen LogP contribution in [0, 0.1) is 0 Å². The van der Waals surface area contributed by atoms with Crippen LogP contribution in [0.15, 0.2) is 53.7 Å². The summed E-state index contributed by atoms with van der Waals surface area (Å²) in [5.74, 6) is 0.0728. The predicted molar refractivity (Wildman–Crippen MR) is 81.3 cm³/mol. The number of unbranched alkanes of at least 4 members (excludes halogenated alkanes) is 1. The molecule has 0 atom stereocenters. The molecule has 0 unspecified atom stereocenters. The fourth-order valence-electron chi connectivity index (χ4n) is 1.84. The van der Waals surface area contributed by atoms with Gasteiger partial charge in [-0.25, -0.2) is 9.78 Å². The van der Waals surface area contributed by atoms with Gasteiger partial charge in [-0.05, 0) is 42.7 Å². The molecule has 104 valence electrons. The fourth-order valence-corrected chi connectivity index (χ4v) is 2.69. The highest BCUT2D eigenvalue weighted by Gasteiger charge is 2.03. The number of carbonyl (C=O) groups is 1. The molecule has 1 aromatic heterocycles. The SMILES string of the molecule is O=C(O)c1ccc(SCCCCc2ccccc2)nc1. The Labute approximate surface area is 123 Å². The third kappa shape index (κ3) is 4.70. The number of pyridine rings is 1. The summed E-state index contributed by atoms with van der Waals surface area (Å²) in [5, 5.41) is 9.67. The highest BCUT2D eigenvalue weighted by molar-refractivity contribution is 7.99. The van der Waals surface area contributed by atoms with E-state index in [2.05, 4.69) is 29.2 Å². The molecule has 0 spiro atoms. The van der Waals surface area contributed by atoms with Crippen LogP contribution in [0.4, 0.5) is 0 Å². The molecule has 0 aliphatic rings. The van der Waals surface area contributed by atoms with Crippen LogP contribution < -0.4 is 0 Å². The van der Waals surface area contributed by atoms with Crippen LogP contribution in [0.3, 0.4) is 0 Å². The Balaban J connectivity index is 1.67. The summed E-state index contributed by atoms with van der Waals surface area (Å²) in [6.07, 6.45) is 4.80. The molecule has 0 saturated heterocycles. The number of rotatable bonds is 7. The summed E-state index contributed by atoms with van der Waals surface area (Å²) < 4.78 is 0. The molecule has 2 rings (SSSR count). The Bertz CT molecular complexity index is 540. The Morgan fingerprint density at radius 3 is 2.55 bits per heavy atom. The van der Waals surface area contributed by atoms with Gasteiger partial charge in [0.25, 0.3) is 0 Å². The van der Waals surface area contributed by atoms with Crippen molar-refractivity contribution in [2.75, 3.05) is 5.75 Å². The monoisotopic (exact) mass is 287 g/mol. The number of carboxylic acid groups (broad SMARTS) is 1. The predicted octanol–water partition coefficient (Wildman–Crippen LogP) is 3.89. The highest BCUT2D eigenvalue weighted by atomic mass is 32.2. The molecule has 1 aromatic carbocycles. The number of aromatic carboxylic acids is 1. The summed E-state index contributed by atoms with van der Waals surface area (Å²) in [6.45, 7) is 0. The summed E-state index contributed by atoms with van der Waals surface area (Å²) in [4.78, 5) is 14.8. The van der Waals surface area contributed by atoms with E-state index in [-0.39, 0.29) is 5.56 Å². The van der Waals surface area contributed by atoms with Gasteiger partial charge < -0.3 is 5.11 Å². The molecule has 0 amide bonds. The molecule has 0 aliphatic heterocycles. The van der Waals surface area contributed by atoms with E-state index in [1.165, 1.54) is 11.8 Å². The first-order valence-electron chi connectivity index (χ1n) is 6.62. The lowest BCUT2D eigenvalue weighted by atomic mass is 10.1. The molecule has 1 N–H and O–H groups in total. The van der Waals surface area contributed by atoms with Crippen molar-refractivity contribution in [3.63, 3.8) is 0 Å². The van der Waals surface area contributed by atoms with E-state index < -0.39 is 5.97 Å². The zero-order valence-electron chi connectivity index (χ0n) is 11.2. The van der Waals surface area contributed by atoms with Crippen LogP contribution in [0.2, 0.25) is 0 Å². The van der Waals surface area contributed by atoms with E-state index in [0.717, 1.165) is 30.0 Å². The van der Waals surface area contributed by atoms with Crippen LogP contribution in [-0.4, -0.2) is 21.8 Å². The van der Waals surface area contributed by atoms with E-state index in [4.69, 9.17) is 5.11 Å². The molecule has 0 fully saturated rings. The van der Waals surface area contributed by atoms with E-state index in [0.29, 0.717) is 0 Å². The molecule has 1 heterocycles. The van der Waals surface area contributed by atoms with Crippen LogP contribution in [-0.2, 0) is 6.42 Å². The van der Waals surface area contributed by atoms with Gasteiger partial charge in [-0.3, -0.25) is 0 Å². The second kappa shape index (κ2) is 7.70. The van der Waals surface area contributed by atoms with Crippen LogP contribution >= 0.6 is 11.8 Å². The number of benzene rings is 1. The summed E-state index contributed by atoms with van der Waals surface area (Å²) >= 11 is 1.67. The molecular formula is C16H17NO2S. The Hall–Kier alpha value is -1.81. The zero-order valence-corrected chi connectivity index (χ0v) is 12.0. The lowest BCUT2D eigenvalue weighted by molar-refractivity contribution is 0.0696. The van der Waals surface area contributed by atoms with Gasteiger partial charge in [0.15, 0.2) is 0 Å². The van der Waals surface area contributed by atoms with Crippen molar-refractivity contribution in [1.82, 2.24) is 4.98 Å². The Morgan fingerprint density at radius 2 is 1.90 bits per heavy atom. The molecule has 3 nitrogen and oxygen atoms in total. The van der Waals surface area contributed by atoms with Gasteiger partial charge in [0, 0.05) is 6.20 Å². The van der Waals surface area contributed by atoms with E-state index in [1.807, 2.05) is 6.07 Å². The maximum absolute atomic E-state index is 10.7. The first-order valence-corrected chi connectivity index (χ1v) is 7.60. The average molecular weight is 287 g/mol. The zero-order chi connectivity index (χ0) is 14.2. The molecular weight excluding hydrogens is 270 g/mol. The molecule has 4 heteroatoms. The van der Waals surface area contributed by atoms with Crippen molar-refractivity contribution in [2.24, 2.45) is 0 Å². The minimum Gasteiger partial charge on any atom is -0.478 e. The van der Waals surface area contributed by atoms with Gasteiger partial charge in [0.2, 0.25) is 0 Å². The lowest BCUT2D eigenvalue weighted by Gasteiger charge is -2.02. The number of aromatic nitrogens is 1. The van der Waals surface area contributed by atoms with Crippen molar-refractivity contribution in [1.29, 1.82) is 0 Å². The molecule has 2 aromatic rings. The standard InChI is InChI=1S/C16H17NO2S/c18-16(19)14-9-10-15(17-12-14)20-11-5-4-8-13-6-2-1-3-7-13/h1-3,6-7,9-10,12H,4-5,8,11H2,(H,18,19). The first-order chi connectivity index (χ1) is 9.75. The number of hydrogen-bond acceptors (Lipinski definition) is 3. The third-order valence-corrected chi connectivity index (χ3v) is 3.97. The maximum Gasteiger partial charge on any atom is 0.337 e. The van der Waals surface area contributed by atoms with E-state index in [1.54, 1.807) is 23.9 Å². The number of aryl methyl sites for hydroxylation is 1. The van der Waals surface area contributed by atoms with Gasteiger partial charge in [0.1, 0.15) is 0 Å². The molecule has 0 aliphatic carbocycles. The van der Waals surface area contributed by atoms with E-state index in [9.17, 15) is 4.79 Å². The molecule has 0 bridgehead atoms. The quantitative estimate of drug-likeness (QED) is 0.620. The first kappa shape index (κ1) is 14.6. The maximum atomic E-state index is 10.7. The van der Waals surface area contributed by atoms with Gasteiger partial charge in [-0.2, -0.15) is 0 Å². The number of hydrogen-bond donors (Lipinski definition) is 1. The van der Waals surface area contributed by atoms with Crippen molar-refractivity contribution in [3.8, 4) is 0 Å². The molecule has 0 radical (unpaired) electrons. The van der Waals surface area contributed by atoms with Crippen molar-refractivity contribution < 1.29 is 9.90 Å². The van der Waals surface area contributed by atoms with E-state index >= 15 is 0 Å². The summed E-state index contributed by atoms with van der Waals surface area (Å²) in [5.41, 5.74) is 1.61. The van der Waals surface area contributed by atoms with Gasteiger partial charge in [-0.1, -0.05) is 30.3 Å². The summed E-state index contributed by atoms with van der Waals surface area (Å²) in [6, 6.07) is 13.8. The molecule has 0 saturated carbocycles. The average Bonchev–Trinajstić information content (AvgIpc) is 2.48. The minimum absolute atomic E-state index is 0.235. The number of carboxylic acids is 1. The largest absolute Gasteiger partial charge is 0.478 e. The van der Waals surface area contributed by atoms with Gasteiger partial charge in [0.05, 0.1) is 10.6 Å². The van der Waals surface area contributed by atoms with Gasteiger partial charge in [-0.15, -0.1) is 11.8 Å². The van der Waals surface area contributed by atoms with Crippen LogP contribution in [0.1, 0.15) is 28.8 Å². The molecule has 20 heavy (non-hydrogen) atoms. The van der Waals surface area contributed by atoms with Crippen molar-refractivity contribution in [2.45, 2.75) is 24.3 Å². The Kier molecular flexibility index (Phi) is 5.62. The second-order valence-electron chi connectivity index (χ2n) is 4.48. The number of nitrogens with zero attached hydrogens (tertiary/aromatic N) is 1. The third-order valence-electron chi connectivity index (χ3n) is 2.94.